The van der Waals surface area contributed by atoms with Crippen molar-refractivity contribution in [3.63, 3.8) is 0 Å². The predicted molar refractivity (Wildman–Crippen MR) is 43.6 cm³/mol. The van der Waals surface area contributed by atoms with Crippen LogP contribution in [0.4, 0.5) is 0 Å². The molecule has 0 radical (unpaired) electrons. The third-order valence-corrected chi connectivity index (χ3v) is 2.39. The van der Waals surface area contributed by atoms with Crippen molar-refractivity contribution in [2.75, 3.05) is 27.4 Å². The molecule has 1 heterocycles. The quantitative estimate of drug-likeness (QED) is 0.629. The number of nitriles is 1. The Morgan fingerprint density at radius 1 is 1.75 bits per heavy atom. The summed E-state index contributed by atoms with van der Waals surface area (Å²) in [5.74, 6) is 0. The second kappa shape index (κ2) is 3.85. The van der Waals surface area contributed by atoms with Gasteiger partial charge in [0.25, 0.3) is 0 Å². The zero-order valence-electron chi connectivity index (χ0n) is 7.46. The third kappa shape index (κ3) is 1.44. The van der Waals surface area contributed by atoms with Crippen LogP contribution >= 0.6 is 0 Å². The van der Waals surface area contributed by atoms with E-state index in [9.17, 15) is 0 Å². The van der Waals surface area contributed by atoms with Gasteiger partial charge in [0, 0.05) is 20.1 Å². The number of likely N-dealkylation sites (N-methyl/N-ethyl adjacent to an activating group) is 1. The van der Waals surface area contributed by atoms with Crippen molar-refractivity contribution < 1.29 is 9.47 Å². The fraction of sp³-hybridized carbons (Fsp3) is 0.875. The average Bonchev–Trinajstić information content (AvgIpc) is 2.17. The first kappa shape index (κ1) is 9.46. The van der Waals surface area contributed by atoms with Crippen LogP contribution in [0.1, 0.15) is 6.42 Å². The maximum absolute atomic E-state index is 9.00. The summed E-state index contributed by atoms with van der Waals surface area (Å²) in [5, 5.41) is 12.0. The summed E-state index contributed by atoms with van der Waals surface area (Å²) >= 11 is 0. The van der Waals surface area contributed by atoms with E-state index in [1.807, 2.05) is 0 Å². The molecule has 4 nitrogen and oxygen atoms in total. The Hall–Kier alpha value is -0.630. The molecule has 0 aromatic carbocycles. The topological polar surface area (TPSA) is 54.3 Å². The van der Waals surface area contributed by atoms with Crippen LogP contribution in [-0.2, 0) is 9.47 Å². The number of nitrogens with one attached hydrogen (secondary N) is 1. The highest BCUT2D eigenvalue weighted by molar-refractivity contribution is 5.13. The molecule has 1 fully saturated rings. The van der Waals surface area contributed by atoms with E-state index < -0.39 is 5.54 Å². The first-order valence-electron chi connectivity index (χ1n) is 4.00. The van der Waals surface area contributed by atoms with Crippen molar-refractivity contribution in [2.45, 2.75) is 18.1 Å². The van der Waals surface area contributed by atoms with E-state index in [4.69, 9.17) is 14.7 Å². The number of ether oxygens (including phenoxy) is 2. The van der Waals surface area contributed by atoms with Crippen molar-refractivity contribution in [3.05, 3.63) is 0 Å². The Morgan fingerprint density at radius 2 is 2.50 bits per heavy atom. The first-order chi connectivity index (χ1) is 5.79. The van der Waals surface area contributed by atoms with Crippen molar-refractivity contribution in [3.8, 4) is 6.07 Å². The highest BCUT2D eigenvalue weighted by Crippen LogP contribution is 2.21. The maximum atomic E-state index is 9.00. The SMILES string of the molecule is CNC1(C#N)CCOCC1OC. The summed E-state index contributed by atoms with van der Waals surface area (Å²) in [6, 6.07) is 2.25. The maximum Gasteiger partial charge on any atom is 0.137 e. The third-order valence-electron chi connectivity index (χ3n) is 2.39. The standard InChI is InChI=1S/C8H14N2O2/c1-10-8(6-9)3-4-12-5-7(8)11-2/h7,10H,3-5H2,1-2H3. The highest BCUT2D eigenvalue weighted by Gasteiger charge is 2.40. The van der Waals surface area contributed by atoms with Crippen molar-refractivity contribution >= 4 is 0 Å². The molecule has 2 unspecified atom stereocenters. The van der Waals surface area contributed by atoms with E-state index in [0.29, 0.717) is 19.6 Å². The molecule has 1 aliphatic heterocycles. The Bertz CT molecular complexity index is 190. The number of nitrogens with zero attached hydrogens (tertiary/aromatic N) is 1. The van der Waals surface area contributed by atoms with Crippen LogP contribution in [0.25, 0.3) is 0 Å². The number of rotatable bonds is 2. The minimum atomic E-state index is -0.562. The lowest BCUT2D eigenvalue weighted by Crippen LogP contribution is -2.57. The predicted octanol–water partition coefficient (Wildman–Crippen LogP) is -0.0965. The van der Waals surface area contributed by atoms with E-state index in [1.165, 1.54) is 0 Å². The monoisotopic (exact) mass is 170 g/mol. The molecular formula is C8H14N2O2. The van der Waals surface area contributed by atoms with Gasteiger partial charge in [0.15, 0.2) is 0 Å². The molecule has 0 bridgehead atoms. The largest absolute Gasteiger partial charge is 0.379 e. The van der Waals surface area contributed by atoms with Gasteiger partial charge >= 0.3 is 0 Å². The number of hydrogen-bond acceptors (Lipinski definition) is 4. The number of methoxy groups -OCH3 is 1. The zero-order valence-corrected chi connectivity index (χ0v) is 7.46. The molecule has 0 amide bonds. The molecule has 0 aliphatic carbocycles. The molecule has 12 heavy (non-hydrogen) atoms. The van der Waals surface area contributed by atoms with E-state index >= 15 is 0 Å². The van der Waals surface area contributed by atoms with Gasteiger partial charge in [-0.15, -0.1) is 0 Å². The van der Waals surface area contributed by atoms with Crippen LogP contribution in [0.2, 0.25) is 0 Å². The molecule has 0 aromatic heterocycles. The van der Waals surface area contributed by atoms with Gasteiger partial charge in [-0.2, -0.15) is 5.26 Å². The van der Waals surface area contributed by atoms with Crippen LogP contribution in [0.15, 0.2) is 0 Å². The summed E-state index contributed by atoms with van der Waals surface area (Å²) in [4.78, 5) is 0. The Morgan fingerprint density at radius 3 is 2.92 bits per heavy atom. The fourth-order valence-corrected chi connectivity index (χ4v) is 1.47. The fourth-order valence-electron chi connectivity index (χ4n) is 1.47. The summed E-state index contributed by atoms with van der Waals surface area (Å²) < 4.78 is 10.4. The molecule has 1 saturated heterocycles. The minimum Gasteiger partial charge on any atom is -0.379 e. The first-order valence-corrected chi connectivity index (χ1v) is 4.00. The zero-order chi connectivity index (χ0) is 9.03. The van der Waals surface area contributed by atoms with E-state index in [1.54, 1.807) is 14.2 Å². The molecule has 0 spiro atoms. The molecular weight excluding hydrogens is 156 g/mol. The summed E-state index contributed by atoms with van der Waals surface area (Å²) in [7, 11) is 3.38. The second-order valence-electron chi connectivity index (χ2n) is 2.88. The second-order valence-corrected chi connectivity index (χ2v) is 2.88. The van der Waals surface area contributed by atoms with E-state index in [2.05, 4.69) is 11.4 Å². The highest BCUT2D eigenvalue weighted by atomic mass is 16.5. The Kier molecular flexibility index (Phi) is 3.04. The normalized spacial score (nSPS) is 35.9. The van der Waals surface area contributed by atoms with Crippen LogP contribution in [-0.4, -0.2) is 39.0 Å². The summed E-state index contributed by atoms with van der Waals surface area (Å²) in [6.45, 7) is 1.11. The number of hydrogen-bond donors (Lipinski definition) is 1. The van der Waals surface area contributed by atoms with Gasteiger partial charge in [-0.1, -0.05) is 0 Å². The van der Waals surface area contributed by atoms with Gasteiger partial charge in [0.2, 0.25) is 0 Å². The molecule has 1 N–H and O–H groups in total. The summed E-state index contributed by atoms with van der Waals surface area (Å²) in [6.07, 6.45) is 0.514. The molecule has 68 valence electrons. The van der Waals surface area contributed by atoms with E-state index in [0.717, 1.165) is 0 Å². The van der Waals surface area contributed by atoms with Crippen molar-refractivity contribution in [1.82, 2.24) is 5.32 Å². The lowest BCUT2D eigenvalue weighted by Gasteiger charge is -2.37. The van der Waals surface area contributed by atoms with Gasteiger partial charge in [-0.25, -0.2) is 0 Å². The molecule has 0 aromatic rings. The van der Waals surface area contributed by atoms with Gasteiger partial charge < -0.3 is 14.8 Å². The van der Waals surface area contributed by atoms with Crippen LogP contribution < -0.4 is 5.32 Å². The van der Waals surface area contributed by atoms with Gasteiger partial charge in [-0.3, -0.25) is 0 Å². The minimum absolute atomic E-state index is 0.166. The smallest absolute Gasteiger partial charge is 0.137 e. The lowest BCUT2D eigenvalue weighted by molar-refractivity contribution is -0.0695. The molecule has 1 aliphatic rings. The van der Waals surface area contributed by atoms with Gasteiger partial charge in [-0.05, 0) is 7.05 Å². The van der Waals surface area contributed by atoms with E-state index in [-0.39, 0.29) is 6.10 Å². The molecule has 0 saturated carbocycles. The molecule has 1 rings (SSSR count). The average molecular weight is 170 g/mol. The Labute approximate surface area is 72.5 Å². The van der Waals surface area contributed by atoms with Crippen LogP contribution in [0.5, 0.6) is 0 Å². The Balaban J connectivity index is 2.75. The molecule has 4 heteroatoms. The van der Waals surface area contributed by atoms with Gasteiger partial charge in [0.1, 0.15) is 11.6 Å². The van der Waals surface area contributed by atoms with Crippen LogP contribution in [0, 0.1) is 11.3 Å². The summed E-state index contributed by atoms with van der Waals surface area (Å²) in [5.41, 5.74) is -0.562. The van der Waals surface area contributed by atoms with Crippen molar-refractivity contribution in [2.24, 2.45) is 0 Å². The lowest BCUT2D eigenvalue weighted by atomic mass is 9.89. The molecule has 2 atom stereocenters. The van der Waals surface area contributed by atoms with Crippen LogP contribution in [0.3, 0.4) is 0 Å². The van der Waals surface area contributed by atoms with Gasteiger partial charge in [0.05, 0.1) is 12.7 Å². The van der Waals surface area contributed by atoms with Crippen molar-refractivity contribution in [1.29, 1.82) is 5.26 Å².